The minimum absolute atomic E-state index is 0.336. The average molecular weight is 438 g/mol. The van der Waals surface area contributed by atoms with Gasteiger partial charge < -0.3 is 10.1 Å². The number of anilines is 1. The predicted molar refractivity (Wildman–Crippen MR) is 133 cm³/mol. The molecule has 166 valence electrons. The standard InChI is InChI=1S/C27H35NO2S/c1-30-27(29)21-18-24-16-19-25(20-17-24)28-22-12-10-8-6-4-2-3-5-7-9-11-14-26-15-13-23-31-26/h13,15-21,23,28H,2-10,12,22H2,1H3. The lowest BCUT2D eigenvalue weighted by molar-refractivity contribution is -0.134. The molecular formula is C27H35NO2S. The van der Waals surface area contributed by atoms with Crippen molar-refractivity contribution < 1.29 is 9.53 Å². The van der Waals surface area contributed by atoms with Gasteiger partial charge in [-0.3, -0.25) is 0 Å². The summed E-state index contributed by atoms with van der Waals surface area (Å²) in [5.74, 6) is 6.17. The van der Waals surface area contributed by atoms with E-state index in [1.54, 1.807) is 17.4 Å². The number of nitrogens with one attached hydrogen (secondary N) is 1. The second kappa shape index (κ2) is 16.2. The monoisotopic (exact) mass is 437 g/mol. The quantitative estimate of drug-likeness (QED) is 0.146. The Hall–Kier alpha value is -2.51. The fourth-order valence-corrected chi connectivity index (χ4v) is 3.84. The van der Waals surface area contributed by atoms with Crippen molar-refractivity contribution >= 4 is 29.1 Å². The van der Waals surface area contributed by atoms with Gasteiger partial charge in [-0.2, -0.15) is 0 Å². The van der Waals surface area contributed by atoms with Gasteiger partial charge in [0.15, 0.2) is 0 Å². The topological polar surface area (TPSA) is 38.3 Å². The summed E-state index contributed by atoms with van der Waals surface area (Å²) in [6, 6.07) is 12.2. The number of hydrogen-bond acceptors (Lipinski definition) is 4. The first-order valence-electron chi connectivity index (χ1n) is 11.4. The summed E-state index contributed by atoms with van der Waals surface area (Å²) in [4.78, 5) is 12.3. The van der Waals surface area contributed by atoms with Gasteiger partial charge in [-0.15, -0.1) is 11.3 Å². The summed E-state index contributed by atoms with van der Waals surface area (Å²) >= 11 is 1.72. The maximum atomic E-state index is 11.1. The maximum Gasteiger partial charge on any atom is 0.330 e. The molecule has 0 saturated heterocycles. The van der Waals surface area contributed by atoms with E-state index < -0.39 is 0 Å². The Morgan fingerprint density at radius 2 is 1.65 bits per heavy atom. The number of carbonyl (C=O) groups is 1. The molecule has 2 rings (SSSR count). The third kappa shape index (κ3) is 12.1. The minimum Gasteiger partial charge on any atom is -0.466 e. The molecule has 1 aromatic heterocycles. The first-order chi connectivity index (χ1) is 15.3. The molecule has 0 aliphatic heterocycles. The summed E-state index contributed by atoms with van der Waals surface area (Å²) < 4.78 is 4.59. The van der Waals surface area contributed by atoms with Gasteiger partial charge in [0, 0.05) is 24.7 Å². The summed E-state index contributed by atoms with van der Waals surface area (Å²) in [6.07, 6.45) is 16.0. The van der Waals surface area contributed by atoms with Gasteiger partial charge >= 0.3 is 5.97 Å². The van der Waals surface area contributed by atoms with Crippen LogP contribution in [0.2, 0.25) is 0 Å². The molecule has 0 aliphatic rings. The molecule has 0 spiro atoms. The third-order valence-corrected chi connectivity index (χ3v) is 5.85. The molecule has 0 amide bonds. The van der Waals surface area contributed by atoms with E-state index >= 15 is 0 Å². The second-order valence-electron chi connectivity index (χ2n) is 7.62. The zero-order valence-electron chi connectivity index (χ0n) is 18.7. The molecular weight excluding hydrogens is 402 g/mol. The molecule has 31 heavy (non-hydrogen) atoms. The number of rotatable bonds is 14. The van der Waals surface area contributed by atoms with Crippen LogP contribution in [0.4, 0.5) is 5.69 Å². The van der Waals surface area contributed by atoms with E-state index in [0.29, 0.717) is 0 Å². The van der Waals surface area contributed by atoms with Gasteiger partial charge in [-0.25, -0.2) is 4.79 Å². The zero-order valence-corrected chi connectivity index (χ0v) is 19.5. The lowest BCUT2D eigenvalue weighted by Gasteiger charge is -2.07. The van der Waals surface area contributed by atoms with Crippen molar-refractivity contribution in [2.75, 3.05) is 19.0 Å². The summed E-state index contributed by atoms with van der Waals surface area (Å²) in [5, 5.41) is 5.54. The third-order valence-electron chi connectivity index (χ3n) is 5.06. The Kier molecular flexibility index (Phi) is 13.0. The van der Waals surface area contributed by atoms with Gasteiger partial charge in [0.25, 0.3) is 0 Å². The largest absolute Gasteiger partial charge is 0.466 e. The van der Waals surface area contributed by atoms with Crippen LogP contribution in [0.3, 0.4) is 0 Å². The number of thiophene rings is 1. The first kappa shape index (κ1) is 24.8. The van der Waals surface area contributed by atoms with E-state index in [1.165, 1.54) is 75.9 Å². The number of carbonyl (C=O) groups excluding carboxylic acids is 1. The Labute approximate surface area is 191 Å². The van der Waals surface area contributed by atoms with Crippen LogP contribution in [0.15, 0.2) is 47.9 Å². The lowest BCUT2D eigenvalue weighted by Crippen LogP contribution is -2.01. The van der Waals surface area contributed by atoms with Gasteiger partial charge in [-0.05, 0) is 48.1 Å². The summed E-state index contributed by atoms with van der Waals surface area (Å²) in [6.45, 7) is 1.00. The van der Waals surface area contributed by atoms with E-state index in [-0.39, 0.29) is 5.97 Å². The minimum atomic E-state index is -0.336. The van der Waals surface area contributed by atoms with Crippen molar-refractivity contribution in [3.8, 4) is 11.8 Å². The number of esters is 1. The molecule has 4 heteroatoms. The van der Waals surface area contributed by atoms with E-state index in [4.69, 9.17) is 0 Å². The fraction of sp³-hybridized carbons (Fsp3) is 0.444. The molecule has 0 aliphatic carbocycles. The highest BCUT2D eigenvalue weighted by atomic mass is 32.1. The molecule has 0 bridgehead atoms. The Bertz CT molecular complexity index is 813. The smallest absolute Gasteiger partial charge is 0.330 e. The van der Waals surface area contributed by atoms with Crippen LogP contribution < -0.4 is 5.32 Å². The fourth-order valence-electron chi connectivity index (χ4n) is 3.25. The number of ether oxygens (including phenoxy) is 1. The van der Waals surface area contributed by atoms with Crippen LogP contribution in [-0.4, -0.2) is 19.6 Å². The van der Waals surface area contributed by atoms with Crippen LogP contribution >= 0.6 is 11.3 Å². The first-order valence-corrected chi connectivity index (χ1v) is 12.3. The molecule has 0 radical (unpaired) electrons. The van der Waals surface area contributed by atoms with Crippen LogP contribution in [0.5, 0.6) is 0 Å². The molecule has 0 unspecified atom stereocenters. The van der Waals surface area contributed by atoms with Crippen molar-refractivity contribution in [1.29, 1.82) is 0 Å². The highest BCUT2D eigenvalue weighted by Crippen LogP contribution is 2.13. The highest BCUT2D eigenvalue weighted by Gasteiger charge is 1.96. The van der Waals surface area contributed by atoms with Gasteiger partial charge in [-0.1, -0.05) is 75.0 Å². The van der Waals surface area contributed by atoms with Gasteiger partial charge in [0.05, 0.1) is 12.0 Å². The van der Waals surface area contributed by atoms with Crippen molar-refractivity contribution in [1.82, 2.24) is 0 Å². The van der Waals surface area contributed by atoms with Crippen molar-refractivity contribution in [3.05, 3.63) is 58.3 Å². The Morgan fingerprint density at radius 3 is 2.29 bits per heavy atom. The molecule has 0 fully saturated rings. The van der Waals surface area contributed by atoms with Gasteiger partial charge in [0.2, 0.25) is 0 Å². The van der Waals surface area contributed by atoms with Crippen LogP contribution in [-0.2, 0) is 9.53 Å². The summed E-state index contributed by atoms with van der Waals surface area (Å²) in [5.41, 5.74) is 2.11. The molecule has 0 atom stereocenters. The molecule has 1 heterocycles. The molecule has 0 saturated carbocycles. The number of benzene rings is 1. The lowest BCUT2D eigenvalue weighted by atomic mass is 10.1. The molecule has 3 nitrogen and oxygen atoms in total. The number of hydrogen-bond donors (Lipinski definition) is 1. The van der Waals surface area contributed by atoms with Crippen molar-refractivity contribution in [2.24, 2.45) is 0 Å². The van der Waals surface area contributed by atoms with Gasteiger partial charge in [0.1, 0.15) is 0 Å². The SMILES string of the molecule is COC(=O)C=Cc1ccc(NCCCCCCCCCCCC#Cc2cccs2)cc1. The summed E-state index contributed by atoms with van der Waals surface area (Å²) in [7, 11) is 1.38. The van der Waals surface area contributed by atoms with Crippen molar-refractivity contribution in [2.45, 2.75) is 64.2 Å². The molecule has 1 N–H and O–H groups in total. The zero-order chi connectivity index (χ0) is 22.0. The Morgan fingerprint density at radius 1 is 0.968 bits per heavy atom. The highest BCUT2D eigenvalue weighted by molar-refractivity contribution is 7.10. The van der Waals surface area contributed by atoms with E-state index in [1.807, 2.05) is 24.3 Å². The van der Waals surface area contributed by atoms with E-state index in [0.717, 1.165) is 24.2 Å². The molecule has 1 aromatic carbocycles. The number of methoxy groups -OCH3 is 1. The molecule has 2 aromatic rings. The van der Waals surface area contributed by atoms with E-state index in [9.17, 15) is 4.79 Å². The second-order valence-corrected chi connectivity index (χ2v) is 8.56. The normalized spacial score (nSPS) is 10.6. The predicted octanol–water partition coefficient (Wildman–Crippen LogP) is 7.30. The number of unbranched alkanes of at least 4 members (excludes halogenated alkanes) is 9. The van der Waals surface area contributed by atoms with Crippen molar-refractivity contribution in [3.63, 3.8) is 0 Å². The Balaban J connectivity index is 1.38. The van der Waals surface area contributed by atoms with Crippen LogP contribution in [0.25, 0.3) is 6.08 Å². The van der Waals surface area contributed by atoms with Crippen LogP contribution in [0, 0.1) is 11.8 Å². The van der Waals surface area contributed by atoms with E-state index in [2.05, 4.69) is 39.4 Å². The van der Waals surface area contributed by atoms with Crippen LogP contribution in [0.1, 0.15) is 74.6 Å². The maximum absolute atomic E-state index is 11.1. The average Bonchev–Trinajstić information content (AvgIpc) is 3.32.